The highest BCUT2D eigenvalue weighted by molar-refractivity contribution is 14.1. The van der Waals surface area contributed by atoms with Crippen molar-refractivity contribution in [2.75, 3.05) is 0 Å². The quantitative estimate of drug-likeness (QED) is 0.407. The molecule has 0 saturated carbocycles. The third-order valence-electron chi connectivity index (χ3n) is 3.87. The van der Waals surface area contributed by atoms with Crippen molar-refractivity contribution in [2.24, 2.45) is 0 Å². The third-order valence-corrected chi connectivity index (χ3v) is 6.94. The van der Waals surface area contributed by atoms with Gasteiger partial charge in [-0.2, -0.15) is 0 Å². The molecule has 3 aliphatic carbocycles. The van der Waals surface area contributed by atoms with Crippen molar-refractivity contribution >= 4 is 33.9 Å². The van der Waals surface area contributed by atoms with E-state index in [0.29, 0.717) is 0 Å². The Morgan fingerprint density at radius 1 is 0.905 bits per heavy atom. The molecule has 0 N–H and O–H groups in total. The number of allylic oxidation sites excluding steroid dienone is 11. The van der Waals surface area contributed by atoms with Crippen LogP contribution >= 0.6 is 23.0 Å². The fourth-order valence-electron chi connectivity index (χ4n) is 2.80. The normalized spacial score (nSPS) is 22.9. The van der Waals surface area contributed by atoms with Gasteiger partial charge in [0.05, 0.1) is 10.9 Å². The van der Waals surface area contributed by atoms with Gasteiger partial charge in [0.15, 0.2) is 27.9 Å². The van der Waals surface area contributed by atoms with Crippen LogP contribution in [-0.2, 0) is 14.0 Å². The van der Waals surface area contributed by atoms with Crippen LogP contribution in [0.25, 0.3) is 0 Å². The topological polar surface area (TPSA) is 9.23 Å². The first-order valence-electron chi connectivity index (χ1n) is 7.53. The van der Waals surface area contributed by atoms with Crippen LogP contribution in [0.4, 0.5) is 0 Å². The minimum Gasteiger partial charge on any atom is -0.432 e. The van der Waals surface area contributed by atoms with Crippen LogP contribution in [0, 0.1) is 0 Å². The zero-order valence-corrected chi connectivity index (χ0v) is 15.0. The van der Waals surface area contributed by atoms with Gasteiger partial charge in [-0.25, -0.2) is 0 Å². The van der Waals surface area contributed by atoms with Crippen molar-refractivity contribution in [3.63, 3.8) is 0 Å². The molecule has 3 aliphatic rings. The maximum atomic E-state index is 5.35. The highest BCUT2D eigenvalue weighted by Crippen LogP contribution is 2.39. The Balaban J connectivity index is 1.93. The van der Waals surface area contributed by atoms with Gasteiger partial charge in [-0.1, -0.05) is 18.2 Å². The fourth-order valence-corrected chi connectivity index (χ4v) is 5.67. The average Bonchev–Trinajstić information content (AvgIpc) is 2.58. The Labute approximate surface area is 144 Å². The summed E-state index contributed by atoms with van der Waals surface area (Å²) in [6.45, 7) is 0. The summed E-state index contributed by atoms with van der Waals surface area (Å²) in [5, 5.41) is 0. The maximum absolute atomic E-state index is 5.35. The van der Waals surface area contributed by atoms with Crippen LogP contribution in [0.15, 0.2) is 69.1 Å². The number of hydrogen-bond donors (Lipinski definition) is 0. The predicted molar refractivity (Wildman–Crippen MR) is 101 cm³/mol. The SMILES string of the molecule is IOC1=CC=C([S+](C2=CCCC=C2)C2=CC=CCC2)CC1. The molecule has 0 amide bonds. The van der Waals surface area contributed by atoms with Gasteiger partial charge in [0.25, 0.3) is 0 Å². The summed E-state index contributed by atoms with van der Waals surface area (Å²) in [5.41, 5.74) is 0. The van der Waals surface area contributed by atoms with Gasteiger partial charge >= 0.3 is 0 Å². The molecule has 0 radical (unpaired) electrons. The zero-order valence-electron chi connectivity index (χ0n) is 12.1. The van der Waals surface area contributed by atoms with Crippen molar-refractivity contribution in [1.29, 1.82) is 0 Å². The molecule has 0 spiro atoms. The molecule has 1 nitrogen and oxygen atoms in total. The first kappa shape index (κ1) is 15.2. The van der Waals surface area contributed by atoms with E-state index in [2.05, 4.69) is 48.6 Å². The largest absolute Gasteiger partial charge is 0.432 e. The first-order valence-corrected chi connectivity index (χ1v) is 9.64. The summed E-state index contributed by atoms with van der Waals surface area (Å²) >= 11 is 1.98. The molecule has 110 valence electrons. The first-order chi connectivity index (χ1) is 10.4. The van der Waals surface area contributed by atoms with Crippen LogP contribution in [0.3, 0.4) is 0 Å². The summed E-state index contributed by atoms with van der Waals surface area (Å²) in [6.07, 6.45) is 25.3. The maximum Gasteiger partial charge on any atom is 0.192 e. The molecule has 21 heavy (non-hydrogen) atoms. The van der Waals surface area contributed by atoms with Crippen LogP contribution in [0.5, 0.6) is 0 Å². The van der Waals surface area contributed by atoms with E-state index in [1.165, 1.54) is 30.6 Å². The Morgan fingerprint density at radius 3 is 2.43 bits per heavy atom. The van der Waals surface area contributed by atoms with Gasteiger partial charge in [0.1, 0.15) is 15.6 Å². The minimum absolute atomic E-state index is 0.142. The molecule has 0 aromatic rings. The summed E-state index contributed by atoms with van der Waals surface area (Å²) in [5.74, 6) is 1.09. The van der Waals surface area contributed by atoms with E-state index in [1.807, 2.05) is 23.0 Å². The molecule has 0 fully saturated rings. The predicted octanol–water partition coefficient (Wildman–Crippen LogP) is 6.00. The van der Waals surface area contributed by atoms with Gasteiger partial charge in [-0.15, -0.1) is 0 Å². The molecule has 0 aromatic carbocycles. The number of rotatable bonds is 4. The van der Waals surface area contributed by atoms with Crippen LogP contribution in [0.2, 0.25) is 0 Å². The van der Waals surface area contributed by atoms with Crippen molar-refractivity contribution < 1.29 is 3.07 Å². The molecular formula is C18H20IOS+. The van der Waals surface area contributed by atoms with Crippen molar-refractivity contribution in [2.45, 2.75) is 38.5 Å². The van der Waals surface area contributed by atoms with Crippen molar-refractivity contribution in [3.8, 4) is 0 Å². The smallest absolute Gasteiger partial charge is 0.192 e. The van der Waals surface area contributed by atoms with Crippen molar-refractivity contribution in [1.82, 2.24) is 0 Å². The molecule has 0 heterocycles. The van der Waals surface area contributed by atoms with Crippen molar-refractivity contribution in [3.05, 3.63) is 69.1 Å². The summed E-state index contributed by atoms with van der Waals surface area (Å²) < 4.78 is 5.35. The van der Waals surface area contributed by atoms with Crippen LogP contribution in [0.1, 0.15) is 38.5 Å². The van der Waals surface area contributed by atoms with E-state index >= 15 is 0 Å². The lowest BCUT2D eigenvalue weighted by Crippen LogP contribution is -2.14. The Bertz CT molecular complexity index is 578. The van der Waals surface area contributed by atoms with Gasteiger partial charge in [0, 0.05) is 19.3 Å². The molecule has 0 bridgehead atoms. The molecule has 0 aromatic heterocycles. The van der Waals surface area contributed by atoms with E-state index in [1.54, 1.807) is 9.81 Å². The number of halogens is 1. The molecule has 3 rings (SSSR count). The lowest BCUT2D eigenvalue weighted by molar-refractivity contribution is 0.522. The highest BCUT2D eigenvalue weighted by Gasteiger charge is 2.35. The van der Waals surface area contributed by atoms with Crippen LogP contribution < -0.4 is 0 Å². The molecule has 3 heteroatoms. The van der Waals surface area contributed by atoms with Crippen LogP contribution in [-0.4, -0.2) is 0 Å². The molecule has 0 aliphatic heterocycles. The van der Waals surface area contributed by atoms with E-state index in [9.17, 15) is 0 Å². The van der Waals surface area contributed by atoms with Gasteiger partial charge in [-0.3, -0.25) is 0 Å². The molecule has 1 atom stereocenters. The van der Waals surface area contributed by atoms with Gasteiger partial charge in [0.2, 0.25) is 0 Å². The Kier molecular flexibility index (Phi) is 5.47. The van der Waals surface area contributed by atoms with E-state index in [4.69, 9.17) is 3.07 Å². The second-order valence-electron chi connectivity index (χ2n) is 5.34. The average molecular weight is 411 g/mol. The lowest BCUT2D eigenvalue weighted by atomic mass is 10.1. The summed E-state index contributed by atoms with van der Waals surface area (Å²) in [6, 6.07) is 0. The Morgan fingerprint density at radius 2 is 1.81 bits per heavy atom. The monoisotopic (exact) mass is 411 g/mol. The second-order valence-corrected chi connectivity index (χ2v) is 7.91. The summed E-state index contributed by atoms with van der Waals surface area (Å²) in [7, 11) is 0.142. The third kappa shape index (κ3) is 3.75. The Hall–Kier alpha value is -0.680. The van der Waals surface area contributed by atoms with E-state index in [-0.39, 0.29) is 10.9 Å². The van der Waals surface area contributed by atoms with E-state index in [0.717, 1.165) is 18.6 Å². The van der Waals surface area contributed by atoms with Gasteiger partial charge in [-0.05, 0) is 49.6 Å². The minimum atomic E-state index is 0.142. The molecular weight excluding hydrogens is 391 g/mol. The molecule has 0 saturated heterocycles. The summed E-state index contributed by atoms with van der Waals surface area (Å²) in [4.78, 5) is 4.67. The van der Waals surface area contributed by atoms with Gasteiger partial charge < -0.3 is 3.07 Å². The lowest BCUT2D eigenvalue weighted by Gasteiger charge is -2.18. The fraction of sp³-hybridized carbons (Fsp3) is 0.333. The zero-order chi connectivity index (χ0) is 14.5. The molecule has 1 unspecified atom stereocenters. The van der Waals surface area contributed by atoms with E-state index < -0.39 is 0 Å². The number of hydrogen-bond acceptors (Lipinski definition) is 1. The second kappa shape index (κ2) is 7.54. The highest BCUT2D eigenvalue weighted by atomic mass is 127. The standard InChI is InChI=1S/C18H20IOS/c19-20-15-11-13-18(14-12-15)21(16-7-3-1-4-8-16)17-9-5-2-6-10-17/h1,3,5,7,9-11,13H,2,4,6,8,12,14H2/q+1.